The van der Waals surface area contributed by atoms with E-state index in [1.54, 1.807) is 24.3 Å². The maximum atomic E-state index is 11.6. The number of carbonyl (C=O) groups is 1. The molecule has 4 nitrogen and oxygen atoms in total. The standard InChI is InChI=1S/C13H18N2O2S/c1-2-3-7-17-9-12(16)15-11-6-4-5-10(8-11)13(14)18/h4-6,8H,2-3,7,9H2,1H3,(H2,14,18)(H,15,16). The molecule has 1 amide bonds. The Kier molecular flexibility index (Phi) is 6.32. The van der Waals surface area contributed by atoms with E-state index >= 15 is 0 Å². The lowest BCUT2D eigenvalue weighted by molar-refractivity contribution is -0.120. The fourth-order valence-corrected chi connectivity index (χ4v) is 1.49. The van der Waals surface area contributed by atoms with Crippen LogP contribution in [0.1, 0.15) is 25.3 Å². The van der Waals surface area contributed by atoms with Gasteiger partial charge in [-0.05, 0) is 18.6 Å². The highest BCUT2D eigenvalue weighted by Crippen LogP contribution is 2.10. The maximum Gasteiger partial charge on any atom is 0.250 e. The number of nitrogens with two attached hydrogens (primary N) is 1. The molecule has 0 fully saturated rings. The van der Waals surface area contributed by atoms with Crippen molar-refractivity contribution in [2.45, 2.75) is 19.8 Å². The van der Waals surface area contributed by atoms with E-state index in [1.165, 1.54) is 0 Å². The molecule has 0 saturated heterocycles. The second kappa shape index (κ2) is 7.79. The van der Waals surface area contributed by atoms with Gasteiger partial charge in [-0.15, -0.1) is 0 Å². The molecule has 0 atom stereocenters. The normalized spacial score (nSPS) is 10.1. The average Bonchev–Trinajstić information content (AvgIpc) is 2.35. The van der Waals surface area contributed by atoms with E-state index in [4.69, 9.17) is 22.7 Å². The van der Waals surface area contributed by atoms with Crippen LogP contribution in [0.25, 0.3) is 0 Å². The van der Waals surface area contributed by atoms with Crippen molar-refractivity contribution in [1.29, 1.82) is 0 Å². The molecular formula is C13H18N2O2S. The number of thiocarbonyl (C=S) groups is 1. The third-order valence-electron chi connectivity index (χ3n) is 2.31. The van der Waals surface area contributed by atoms with Crippen LogP contribution in [-0.4, -0.2) is 24.1 Å². The zero-order chi connectivity index (χ0) is 13.4. The van der Waals surface area contributed by atoms with E-state index in [1.807, 2.05) is 0 Å². The van der Waals surface area contributed by atoms with Gasteiger partial charge in [0.1, 0.15) is 11.6 Å². The smallest absolute Gasteiger partial charge is 0.250 e. The molecule has 1 aromatic carbocycles. The highest BCUT2D eigenvalue weighted by Gasteiger charge is 2.03. The number of rotatable bonds is 7. The molecule has 0 radical (unpaired) electrons. The Bertz CT molecular complexity index is 421. The van der Waals surface area contributed by atoms with Crippen molar-refractivity contribution in [1.82, 2.24) is 0 Å². The fraction of sp³-hybridized carbons (Fsp3) is 0.385. The van der Waals surface area contributed by atoms with E-state index in [-0.39, 0.29) is 12.5 Å². The van der Waals surface area contributed by atoms with Crippen LogP contribution in [0.5, 0.6) is 0 Å². The van der Waals surface area contributed by atoms with Gasteiger partial charge in [-0.1, -0.05) is 37.7 Å². The third-order valence-corrected chi connectivity index (χ3v) is 2.54. The fourth-order valence-electron chi connectivity index (χ4n) is 1.36. The molecule has 0 heterocycles. The molecule has 0 aliphatic heterocycles. The summed E-state index contributed by atoms with van der Waals surface area (Å²) in [5, 5.41) is 2.73. The van der Waals surface area contributed by atoms with Crippen LogP contribution < -0.4 is 11.1 Å². The monoisotopic (exact) mass is 266 g/mol. The highest BCUT2D eigenvalue weighted by molar-refractivity contribution is 7.80. The lowest BCUT2D eigenvalue weighted by Crippen LogP contribution is -2.19. The van der Waals surface area contributed by atoms with Crippen LogP contribution in [0.2, 0.25) is 0 Å². The first-order valence-corrected chi connectivity index (χ1v) is 6.31. The van der Waals surface area contributed by atoms with Gasteiger partial charge in [-0.25, -0.2) is 0 Å². The van der Waals surface area contributed by atoms with Gasteiger partial charge < -0.3 is 15.8 Å². The number of benzene rings is 1. The Morgan fingerprint density at radius 3 is 2.94 bits per heavy atom. The van der Waals surface area contributed by atoms with Crippen LogP contribution in [0.15, 0.2) is 24.3 Å². The number of nitrogens with one attached hydrogen (secondary N) is 1. The maximum absolute atomic E-state index is 11.6. The van der Waals surface area contributed by atoms with Crippen molar-refractivity contribution in [3.8, 4) is 0 Å². The van der Waals surface area contributed by atoms with Crippen molar-refractivity contribution in [2.75, 3.05) is 18.5 Å². The van der Waals surface area contributed by atoms with Crippen molar-refractivity contribution in [3.05, 3.63) is 29.8 Å². The second-order valence-electron chi connectivity index (χ2n) is 3.90. The van der Waals surface area contributed by atoms with Gasteiger partial charge in [-0.2, -0.15) is 0 Å². The summed E-state index contributed by atoms with van der Waals surface area (Å²) in [6.07, 6.45) is 2.02. The Morgan fingerprint density at radius 1 is 1.50 bits per heavy atom. The molecule has 0 unspecified atom stereocenters. The summed E-state index contributed by atoms with van der Waals surface area (Å²) in [5.41, 5.74) is 6.92. The number of amides is 1. The Labute approximate surface area is 113 Å². The predicted octanol–water partition coefficient (Wildman–Crippen LogP) is 2.08. The van der Waals surface area contributed by atoms with Gasteiger partial charge in [0, 0.05) is 17.9 Å². The molecule has 0 aromatic heterocycles. The summed E-state index contributed by atoms with van der Waals surface area (Å²) in [4.78, 5) is 11.9. The number of unbranched alkanes of at least 4 members (excludes halogenated alkanes) is 1. The zero-order valence-electron chi connectivity index (χ0n) is 10.4. The topological polar surface area (TPSA) is 64.3 Å². The van der Waals surface area contributed by atoms with Crippen LogP contribution in [0.3, 0.4) is 0 Å². The summed E-state index contributed by atoms with van der Waals surface area (Å²) in [7, 11) is 0. The molecule has 98 valence electrons. The van der Waals surface area contributed by atoms with E-state index in [0.717, 1.165) is 18.4 Å². The number of anilines is 1. The molecule has 0 aliphatic rings. The Morgan fingerprint density at radius 2 is 2.28 bits per heavy atom. The molecule has 1 rings (SSSR count). The minimum absolute atomic E-state index is 0.0668. The summed E-state index contributed by atoms with van der Waals surface area (Å²) in [6, 6.07) is 7.12. The molecule has 3 N–H and O–H groups in total. The third kappa shape index (κ3) is 5.25. The Hall–Kier alpha value is -1.46. The SMILES string of the molecule is CCCCOCC(=O)Nc1cccc(C(N)=S)c1. The lowest BCUT2D eigenvalue weighted by atomic mass is 10.2. The quantitative estimate of drug-likeness (QED) is 0.586. The highest BCUT2D eigenvalue weighted by atomic mass is 32.1. The number of hydrogen-bond donors (Lipinski definition) is 2. The molecule has 0 bridgehead atoms. The molecular weight excluding hydrogens is 248 g/mol. The van der Waals surface area contributed by atoms with E-state index in [0.29, 0.717) is 17.3 Å². The van der Waals surface area contributed by atoms with Crippen LogP contribution in [0.4, 0.5) is 5.69 Å². The summed E-state index contributed by atoms with van der Waals surface area (Å²) >= 11 is 4.87. The second-order valence-corrected chi connectivity index (χ2v) is 4.34. The zero-order valence-corrected chi connectivity index (χ0v) is 11.3. The van der Waals surface area contributed by atoms with Crippen LogP contribution in [0, 0.1) is 0 Å². The predicted molar refractivity (Wildman–Crippen MR) is 76.7 cm³/mol. The lowest BCUT2D eigenvalue weighted by Gasteiger charge is -2.07. The van der Waals surface area contributed by atoms with E-state index in [9.17, 15) is 4.79 Å². The van der Waals surface area contributed by atoms with Gasteiger partial charge in [0.05, 0.1) is 0 Å². The van der Waals surface area contributed by atoms with Crippen molar-refractivity contribution in [2.24, 2.45) is 5.73 Å². The van der Waals surface area contributed by atoms with Crippen LogP contribution in [-0.2, 0) is 9.53 Å². The van der Waals surface area contributed by atoms with Crippen molar-refractivity contribution < 1.29 is 9.53 Å². The van der Waals surface area contributed by atoms with Gasteiger partial charge in [0.2, 0.25) is 5.91 Å². The van der Waals surface area contributed by atoms with E-state index < -0.39 is 0 Å². The average molecular weight is 266 g/mol. The summed E-state index contributed by atoms with van der Waals surface area (Å²) in [5.74, 6) is -0.175. The van der Waals surface area contributed by atoms with Crippen molar-refractivity contribution in [3.63, 3.8) is 0 Å². The first kappa shape index (κ1) is 14.6. The van der Waals surface area contributed by atoms with Gasteiger partial charge >= 0.3 is 0 Å². The number of hydrogen-bond acceptors (Lipinski definition) is 3. The molecule has 0 saturated carbocycles. The minimum Gasteiger partial charge on any atom is -0.389 e. The van der Waals surface area contributed by atoms with Gasteiger partial charge in [-0.3, -0.25) is 4.79 Å². The molecule has 18 heavy (non-hydrogen) atoms. The number of carbonyl (C=O) groups excluding carboxylic acids is 1. The molecule has 0 spiro atoms. The van der Waals surface area contributed by atoms with Crippen molar-refractivity contribution >= 4 is 28.8 Å². The Balaban J connectivity index is 2.44. The van der Waals surface area contributed by atoms with Gasteiger partial charge in [0.15, 0.2) is 0 Å². The minimum atomic E-state index is -0.175. The van der Waals surface area contributed by atoms with Gasteiger partial charge in [0.25, 0.3) is 0 Å². The summed E-state index contributed by atoms with van der Waals surface area (Å²) < 4.78 is 5.22. The largest absolute Gasteiger partial charge is 0.389 e. The molecule has 0 aliphatic carbocycles. The first-order chi connectivity index (χ1) is 8.63. The molecule has 5 heteroatoms. The summed E-state index contributed by atoms with van der Waals surface area (Å²) in [6.45, 7) is 2.75. The number of ether oxygens (including phenoxy) is 1. The molecule has 1 aromatic rings. The first-order valence-electron chi connectivity index (χ1n) is 5.91. The van der Waals surface area contributed by atoms with Crippen LogP contribution >= 0.6 is 12.2 Å². The van der Waals surface area contributed by atoms with E-state index in [2.05, 4.69) is 12.2 Å².